The van der Waals surface area contributed by atoms with Gasteiger partial charge in [-0.3, -0.25) is 0 Å². The van der Waals surface area contributed by atoms with E-state index in [4.69, 9.17) is 15.3 Å². The van der Waals surface area contributed by atoms with Crippen LogP contribution >= 0.6 is 0 Å². The monoisotopic (exact) mass is 167 g/mol. The van der Waals surface area contributed by atoms with Gasteiger partial charge in [0.15, 0.2) is 0 Å². The Morgan fingerprint density at radius 2 is 2.17 bits per heavy atom. The van der Waals surface area contributed by atoms with E-state index < -0.39 is 7.12 Å². The van der Waals surface area contributed by atoms with Crippen molar-refractivity contribution in [2.45, 2.75) is 13.3 Å². The van der Waals surface area contributed by atoms with Crippen LogP contribution in [0.5, 0.6) is 0 Å². The zero-order valence-corrected chi connectivity index (χ0v) is 6.73. The van der Waals surface area contributed by atoms with Crippen LogP contribution in [0.3, 0.4) is 0 Å². The summed E-state index contributed by atoms with van der Waals surface area (Å²) in [6, 6.07) is 0. The lowest BCUT2D eigenvalue weighted by molar-refractivity contribution is 0.318. The van der Waals surface area contributed by atoms with Gasteiger partial charge in [0, 0.05) is 6.42 Å². The molecule has 1 aliphatic carbocycles. The highest BCUT2D eigenvalue weighted by Crippen LogP contribution is 2.17. The van der Waals surface area contributed by atoms with Gasteiger partial charge in [0.1, 0.15) is 0 Å². The molecule has 5 heteroatoms. The van der Waals surface area contributed by atoms with Crippen molar-refractivity contribution in [2.24, 2.45) is 5.16 Å². The lowest BCUT2D eigenvalue weighted by Crippen LogP contribution is -2.19. The Morgan fingerprint density at radius 3 is 2.58 bits per heavy atom. The average molecular weight is 167 g/mol. The number of nitrogens with zero attached hydrogens (tertiary/aromatic N) is 1. The van der Waals surface area contributed by atoms with Crippen LogP contribution in [0.2, 0.25) is 0 Å². The van der Waals surface area contributed by atoms with Crippen LogP contribution < -0.4 is 0 Å². The van der Waals surface area contributed by atoms with Crippen molar-refractivity contribution in [3.8, 4) is 0 Å². The molecule has 0 saturated heterocycles. The van der Waals surface area contributed by atoms with Crippen LogP contribution in [0.1, 0.15) is 13.3 Å². The summed E-state index contributed by atoms with van der Waals surface area (Å²) in [7, 11) is -1.44. The van der Waals surface area contributed by atoms with Gasteiger partial charge in [0.2, 0.25) is 0 Å². The molecule has 0 radical (unpaired) electrons. The molecule has 0 heterocycles. The standard InChI is InChI=1S/C7H10BNO3/c1-5-4-6(9-12)2-3-7(5)8(10)11/h3-4,10-12H,2H2,1H3/b9-6+. The summed E-state index contributed by atoms with van der Waals surface area (Å²) < 4.78 is 0. The first kappa shape index (κ1) is 9.03. The molecule has 1 aliphatic rings. The van der Waals surface area contributed by atoms with Gasteiger partial charge in [-0.1, -0.05) is 11.2 Å². The molecule has 12 heavy (non-hydrogen) atoms. The van der Waals surface area contributed by atoms with E-state index in [1.807, 2.05) is 0 Å². The van der Waals surface area contributed by atoms with Gasteiger partial charge in [0.25, 0.3) is 0 Å². The lowest BCUT2D eigenvalue weighted by Gasteiger charge is -2.11. The fourth-order valence-electron chi connectivity index (χ4n) is 1.15. The Labute approximate surface area is 70.7 Å². The van der Waals surface area contributed by atoms with E-state index in [1.165, 1.54) is 0 Å². The largest absolute Gasteiger partial charge is 0.488 e. The highest BCUT2D eigenvalue weighted by molar-refractivity contribution is 6.52. The maximum Gasteiger partial charge on any atom is 0.488 e. The summed E-state index contributed by atoms with van der Waals surface area (Å²) >= 11 is 0. The van der Waals surface area contributed by atoms with Crippen LogP contribution in [-0.4, -0.2) is 28.1 Å². The third kappa shape index (κ3) is 1.75. The zero-order chi connectivity index (χ0) is 9.14. The molecule has 0 bridgehead atoms. The molecule has 0 spiro atoms. The highest BCUT2D eigenvalue weighted by atomic mass is 16.4. The van der Waals surface area contributed by atoms with Crippen LogP contribution in [0.4, 0.5) is 0 Å². The average Bonchev–Trinajstić information content (AvgIpc) is 2.03. The van der Waals surface area contributed by atoms with Gasteiger partial charge in [-0.05, 0) is 24.0 Å². The fraction of sp³-hybridized carbons (Fsp3) is 0.286. The molecule has 0 unspecified atom stereocenters. The molecule has 0 aromatic carbocycles. The van der Waals surface area contributed by atoms with Crippen molar-refractivity contribution >= 4 is 12.8 Å². The maximum atomic E-state index is 8.85. The van der Waals surface area contributed by atoms with Crippen LogP contribution in [0.15, 0.2) is 28.4 Å². The Hall–Kier alpha value is -1.07. The first-order chi connectivity index (χ1) is 5.65. The van der Waals surface area contributed by atoms with Crippen LogP contribution in [-0.2, 0) is 0 Å². The quantitative estimate of drug-likeness (QED) is 0.294. The van der Waals surface area contributed by atoms with Gasteiger partial charge >= 0.3 is 7.12 Å². The van der Waals surface area contributed by atoms with E-state index in [9.17, 15) is 0 Å². The van der Waals surface area contributed by atoms with Crippen molar-refractivity contribution in [2.75, 3.05) is 0 Å². The first-order valence-corrected chi connectivity index (χ1v) is 3.61. The summed E-state index contributed by atoms with van der Waals surface area (Å²) in [4.78, 5) is 0. The second-order valence-corrected chi connectivity index (χ2v) is 2.66. The third-order valence-electron chi connectivity index (χ3n) is 1.78. The van der Waals surface area contributed by atoms with Gasteiger partial charge in [-0.25, -0.2) is 0 Å². The number of allylic oxidation sites excluding steroid dienone is 4. The lowest BCUT2D eigenvalue weighted by atomic mass is 9.72. The predicted molar refractivity (Wildman–Crippen MR) is 45.9 cm³/mol. The van der Waals surface area contributed by atoms with E-state index in [0.717, 1.165) is 0 Å². The summed E-state index contributed by atoms with van der Waals surface area (Å²) in [5, 5.41) is 29.1. The molecule has 0 atom stereocenters. The van der Waals surface area contributed by atoms with E-state index in [1.54, 1.807) is 19.1 Å². The highest BCUT2D eigenvalue weighted by Gasteiger charge is 2.19. The number of oxime groups is 1. The van der Waals surface area contributed by atoms with Crippen molar-refractivity contribution < 1.29 is 15.3 Å². The summed E-state index contributed by atoms with van der Waals surface area (Å²) in [6.45, 7) is 1.73. The first-order valence-electron chi connectivity index (χ1n) is 3.61. The smallest absolute Gasteiger partial charge is 0.423 e. The Kier molecular flexibility index (Phi) is 2.67. The molecule has 0 aromatic heterocycles. The molecule has 3 N–H and O–H groups in total. The molecule has 64 valence electrons. The molecular formula is C7H10BNO3. The van der Waals surface area contributed by atoms with E-state index >= 15 is 0 Å². The Bertz CT molecular complexity index is 268. The second kappa shape index (κ2) is 3.56. The predicted octanol–water partition coefficient (Wildman–Crippen LogP) is 0.105. The molecule has 0 saturated carbocycles. The molecule has 0 amide bonds. The summed E-state index contributed by atoms with van der Waals surface area (Å²) in [6.07, 6.45) is 3.69. The normalized spacial score (nSPS) is 20.4. The molecular weight excluding hydrogens is 157 g/mol. The minimum Gasteiger partial charge on any atom is -0.423 e. The third-order valence-corrected chi connectivity index (χ3v) is 1.78. The van der Waals surface area contributed by atoms with Crippen molar-refractivity contribution in [3.05, 3.63) is 23.2 Å². The fourth-order valence-corrected chi connectivity index (χ4v) is 1.15. The van der Waals surface area contributed by atoms with Crippen LogP contribution in [0.25, 0.3) is 0 Å². The van der Waals surface area contributed by atoms with Crippen molar-refractivity contribution in [1.82, 2.24) is 0 Å². The second-order valence-electron chi connectivity index (χ2n) is 2.66. The Balaban J connectivity index is 2.86. The van der Waals surface area contributed by atoms with E-state index in [0.29, 0.717) is 23.2 Å². The van der Waals surface area contributed by atoms with E-state index in [2.05, 4.69) is 5.16 Å². The van der Waals surface area contributed by atoms with Gasteiger partial charge < -0.3 is 15.3 Å². The number of hydrogen-bond donors (Lipinski definition) is 3. The molecule has 1 rings (SSSR count). The summed E-state index contributed by atoms with van der Waals surface area (Å²) in [5.41, 5.74) is 1.71. The SMILES string of the molecule is CC1=C/C(=N/O)CC=C1B(O)O. The molecule has 0 aromatic rings. The molecule has 4 nitrogen and oxygen atoms in total. The molecule has 0 aliphatic heterocycles. The van der Waals surface area contributed by atoms with Gasteiger partial charge in [0.05, 0.1) is 5.71 Å². The van der Waals surface area contributed by atoms with Gasteiger partial charge in [-0.2, -0.15) is 0 Å². The molecule has 0 fully saturated rings. The number of hydrogen-bond acceptors (Lipinski definition) is 4. The number of rotatable bonds is 1. The van der Waals surface area contributed by atoms with Gasteiger partial charge in [-0.15, -0.1) is 0 Å². The van der Waals surface area contributed by atoms with Crippen molar-refractivity contribution in [1.29, 1.82) is 0 Å². The van der Waals surface area contributed by atoms with E-state index in [-0.39, 0.29) is 0 Å². The Morgan fingerprint density at radius 1 is 1.50 bits per heavy atom. The minimum absolute atomic E-state index is 0.431. The summed E-state index contributed by atoms with van der Waals surface area (Å²) in [5.74, 6) is 0. The topological polar surface area (TPSA) is 73.1 Å². The van der Waals surface area contributed by atoms with Crippen molar-refractivity contribution in [3.63, 3.8) is 0 Å². The minimum atomic E-state index is -1.44. The van der Waals surface area contributed by atoms with Crippen LogP contribution in [0, 0.1) is 0 Å². The zero-order valence-electron chi connectivity index (χ0n) is 6.73. The maximum absolute atomic E-state index is 8.85.